The number of nitrogens with zero attached hydrogens (tertiary/aromatic N) is 2. The van der Waals surface area contributed by atoms with Gasteiger partial charge in [-0.2, -0.15) is 0 Å². The van der Waals surface area contributed by atoms with E-state index in [4.69, 9.17) is 4.74 Å². The van der Waals surface area contributed by atoms with Crippen LogP contribution in [-0.2, 0) is 24.4 Å². The van der Waals surface area contributed by atoms with Crippen LogP contribution >= 0.6 is 24.0 Å². The zero-order valence-corrected chi connectivity index (χ0v) is 18.3. The van der Waals surface area contributed by atoms with Crippen molar-refractivity contribution in [3.05, 3.63) is 59.9 Å². The van der Waals surface area contributed by atoms with Crippen LogP contribution in [0.4, 0.5) is 0 Å². The Morgan fingerprint density at radius 2 is 1.73 bits per heavy atom. The molecule has 0 saturated carbocycles. The molecular formula is C20H31IN4O. The third-order valence-corrected chi connectivity index (χ3v) is 3.70. The number of nitrogens with one attached hydrogen (secondary N) is 2. The van der Waals surface area contributed by atoms with Crippen molar-refractivity contribution in [3.8, 4) is 0 Å². The summed E-state index contributed by atoms with van der Waals surface area (Å²) in [7, 11) is 0. The number of guanidine groups is 1. The van der Waals surface area contributed by atoms with Gasteiger partial charge < -0.3 is 19.9 Å². The lowest BCUT2D eigenvalue weighted by Gasteiger charge is -2.12. The molecule has 1 aromatic carbocycles. The summed E-state index contributed by atoms with van der Waals surface area (Å²) in [6.07, 6.45) is 4.39. The summed E-state index contributed by atoms with van der Waals surface area (Å²) in [6, 6.07) is 12.5. The van der Waals surface area contributed by atoms with Gasteiger partial charge in [-0.15, -0.1) is 24.0 Å². The second-order valence-corrected chi connectivity index (χ2v) is 6.22. The molecule has 2 N–H and O–H groups in total. The van der Waals surface area contributed by atoms with E-state index in [-0.39, 0.29) is 30.1 Å². The second kappa shape index (κ2) is 12.8. The van der Waals surface area contributed by atoms with Gasteiger partial charge in [0.1, 0.15) is 0 Å². The van der Waals surface area contributed by atoms with Gasteiger partial charge in [0.05, 0.1) is 19.3 Å². The number of hydrogen-bond donors (Lipinski definition) is 2. The molecule has 1 heterocycles. The van der Waals surface area contributed by atoms with Gasteiger partial charge in [-0.25, -0.2) is 4.99 Å². The Morgan fingerprint density at radius 3 is 2.35 bits per heavy atom. The summed E-state index contributed by atoms with van der Waals surface area (Å²) >= 11 is 0. The first kappa shape index (κ1) is 22.5. The summed E-state index contributed by atoms with van der Waals surface area (Å²) in [6.45, 7) is 10.1. The lowest BCUT2D eigenvalue weighted by atomic mass is 10.1. The zero-order chi connectivity index (χ0) is 17.9. The number of ether oxygens (including phenoxy) is 1. The molecule has 26 heavy (non-hydrogen) atoms. The van der Waals surface area contributed by atoms with Crippen molar-refractivity contribution in [2.24, 2.45) is 4.99 Å². The summed E-state index contributed by atoms with van der Waals surface area (Å²) in [5, 5.41) is 6.66. The highest BCUT2D eigenvalue weighted by Gasteiger charge is 2.00. The van der Waals surface area contributed by atoms with Crippen molar-refractivity contribution in [3.63, 3.8) is 0 Å². The molecule has 0 aliphatic heterocycles. The Bertz CT molecular complexity index is 624. The summed E-state index contributed by atoms with van der Waals surface area (Å²) in [5.74, 6) is 0.849. The average molecular weight is 470 g/mol. The molecule has 0 saturated heterocycles. The number of benzene rings is 1. The van der Waals surface area contributed by atoms with Gasteiger partial charge in [-0.1, -0.05) is 24.3 Å². The molecular weight excluding hydrogens is 439 g/mol. The van der Waals surface area contributed by atoms with Gasteiger partial charge in [-0.05, 0) is 44.0 Å². The molecule has 0 spiro atoms. The normalized spacial score (nSPS) is 11.3. The Hall–Kier alpha value is -1.54. The summed E-state index contributed by atoms with van der Waals surface area (Å²) in [4.78, 5) is 4.66. The topological polar surface area (TPSA) is 50.6 Å². The fraction of sp³-hybridized carbons (Fsp3) is 0.450. The fourth-order valence-corrected chi connectivity index (χ4v) is 2.34. The highest BCUT2D eigenvalue weighted by molar-refractivity contribution is 14.0. The van der Waals surface area contributed by atoms with Gasteiger partial charge >= 0.3 is 0 Å². The van der Waals surface area contributed by atoms with Gasteiger partial charge in [0.25, 0.3) is 0 Å². The monoisotopic (exact) mass is 470 g/mol. The number of aliphatic imine (C=N–C) groups is 1. The first-order valence-electron chi connectivity index (χ1n) is 8.99. The van der Waals surface area contributed by atoms with E-state index in [1.807, 2.05) is 12.1 Å². The van der Waals surface area contributed by atoms with Gasteiger partial charge in [0.15, 0.2) is 5.96 Å². The molecule has 0 amide bonds. The maximum Gasteiger partial charge on any atom is 0.191 e. The predicted molar refractivity (Wildman–Crippen MR) is 119 cm³/mol. The van der Waals surface area contributed by atoms with Crippen LogP contribution < -0.4 is 10.6 Å². The lowest BCUT2D eigenvalue weighted by molar-refractivity contribution is 0.0657. The minimum Gasteiger partial charge on any atom is -0.374 e. The van der Waals surface area contributed by atoms with Crippen LogP contribution in [0.25, 0.3) is 0 Å². The van der Waals surface area contributed by atoms with E-state index in [1.165, 1.54) is 11.1 Å². The molecule has 0 fully saturated rings. The number of rotatable bonds is 9. The van der Waals surface area contributed by atoms with Crippen LogP contribution in [0.15, 0.2) is 53.8 Å². The van der Waals surface area contributed by atoms with Gasteiger partial charge in [-0.3, -0.25) is 0 Å². The fourth-order valence-electron chi connectivity index (χ4n) is 2.34. The van der Waals surface area contributed by atoms with Crippen LogP contribution in [0, 0.1) is 0 Å². The Balaban J connectivity index is 0.00000338. The lowest BCUT2D eigenvalue weighted by Crippen LogP contribution is -2.38. The number of halogens is 1. The van der Waals surface area contributed by atoms with E-state index < -0.39 is 0 Å². The maximum atomic E-state index is 5.62. The zero-order valence-electron chi connectivity index (χ0n) is 15.9. The Kier molecular flexibility index (Phi) is 11.0. The smallest absolute Gasteiger partial charge is 0.191 e. The Labute approximate surface area is 174 Å². The van der Waals surface area contributed by atoms with Crippen LogP contribution in [-0.4, -0.2) is 29.7 Å². The quantitative estimate of drug-likeness (QED) is 0.333. The molecule has 1 aromatic heterocycles. The van der Waals surface area contributed by atoms with Crippen LogP contribution in [0.3, 0.4) is 0 Å². The molecule has 0 bridgehead atoms. The highest BCUT2D eigenvalue weighted by atomic mass is 127. The Morgan fingerprint density at radius 1 is 1.08 bits per heavy atom. The van der Waals surface area contributed by atoms with Crippen molar-refractivity contribution in [2.75, 3.05) is 13.1 Å². The van der Waals surface area contributed by atoms with Crippen molar-refractivity contribution in [1.29, 1.82) is 0 Å². The molecule has 5 nitrogen and oxygen atoms in total. The molecule has 0 aliphatic carbocycles. The van der Waals surface area contributed by atoms with Gasteiger partial charge in [0, 0.05) is 32.0 Å². The van der Waals surface area contributed by atoms with E-state index in [1.54, 1.807) is 0 Å². The van der Waals surface area contributed by atoms with Crippen molar-refractivity contribution >= 4 is 29.9 Å². The third-order valence-electron chi connectivity index (χ3n) is 3.70. The molecule has 0 atom stereocenters. The van der Waals surface area contributed by atoms with Crippen molar-refractivity contribution in [2.45, 2.75) is 46.6 Å². The third kappa shape index (κ3) is 8.71. The molecule has 0 unspecified atom stereocenters. The number of hydrogen-bond acceptors (Lipinski definition) is 2. The van der Waals surface area contributed by atoms with Crippen LogP contribution in [0.5, 0.6) is 0 Å². The molecule has 2 rings (SSSR count). The first-order valence-corrected chi connectivity index (χ1v) is 8.99. The first-order chi connectivity index (χ1) is 12.2. The maximum absolute atomic E-state index is 5.62. The summed E-state index contributed by atoms with van der Waals surface area (Å²) in [5.41, 5.74) is 2.38. The van der Waals surface area contributed by atoms with Crippen molar-refractivity contribution < 1.29 is 4.74 Å². The molecule has 144 valence electrons. The second-order valence-electron chi connectivity index (χ2n) is 6.22. The van der Waals surface area contributed by atoms with E-state index in [2.05, 4.69) is 77.6 Å². The van der Waals surface area contributed by atoms with E-state index >= 15 is 0 Å². The van der Waals surface area contributed by atoms with Crippen LogP contribution in [0.2, 0.25) is 0 Å². The van der Waals surface area contributed by atoms with E-state index in [0.29, 0.717) is 13.2 Å². The molecule has 0 radical (unpaired) electrons. The van der Waals surface area contributed by atoms with E-state index in [9.17, 15) is 0 Å². The minimum atomic E-state index is 0. The minimum absolute atomic E-state index is 0. The molecule has 6 heteroatoms. The summed E-state index contributed by atoms with van der Waals surface area (Å²) < 4.78 is 7.77. The van der Waals surface area contributed by atoms with E-state index in [0.717, 1.165) is 25.6 Å². The largest absolute Gasteiger partial charge is 0.374 e. The van der Waals surface area contributed by atoms with Crippen LogP contribution in [0.1, 0.15) is 31.9 Å². The average Bonchev–Trinajstić information content (AvgIpc) is 3.12. The van der Waals surface area contributed by atoms with Gasteiger partial charge in [0.2, 0.25) is 0 Å². The standard InChI is InChI=1S/C20H30N4O.HI/c1-4-21-20(22-11-14-24-12-5-6-13-24)23-15-18-7-9-19(10-8-18)16-25-17(2)3;/h5-10,12-13,17H,4,11,14-16H2,1-3H3,(H2,21,22,23);1H. The predicted octanol–water partition coefficient (Wildman–Crippen LogP) is 3.79. The SMILES string of the molecule is CCNC(=NCc1ccc(COC(C)C)cc1)NCCn1cccc1.I. The van der Waals surface area contributed by atoms with Crippen molar-refractivity contribution in [1.82, 2.24) is 15.2 Å². The molecule has 2 aromatic rings. The molecule has 0 aliphatic rings. The number of aromatic nitrogens is 1. The highest BCUT2D eigenvalue weighted by Crippen LogP contribution is 2.08.